The first-order chi connectivity index (χ1) is 13.2. The zero-order valence-corrected chi connectivity index (χ0v) is 15.4. The van der Waals surface area contributed by atoms with E-state index in [9.17, 15) is 4.79 Å². The number of aromatic nitrogens is 2. The zero-order valence-electron chi connectivity index (χ0n) is 14.6. The van der Waals surface area contributed by atoms with E-state index in [0.717, 1.165) is 27.1 Å². The molecule has 0 fully saturated rings. The number of nitrogens with zero attached hydrogens (tertiary/aromatic N) is 3. The highest BCUT2D eigenvalue weighted by Gasteiger charge is 2.14. The first-order valence-electron chi connectivity index (χ1n) is 8.41. The number of hydrogen-bond acceptors (Lipinski definition) is 5. The number of amides is 1. The van der Waals surface area contributed by atoms with Crippen molar-refractivity contribution >= 4 is 33.9 Å². The van der Waals surface area contributed by atoms with E-state index in [4.69, 9.17) is 0 Å². The summed E-state index contributed by atoms with van der Waals surface area (Å²) in [5, 5.41) is 7.01. The van der Waals surface area contributed by atoms with Crippen molar-refractivity contribution in [2.45, 2.75) is 6.92 Å². The van der Waals surface area contributed by atoms with Crippen LogP contribution in [0, 0.1) is 0 Å². The molecule has 0 saturated carbocycles. The van der Waals surface area contributed by atoms with Crippen molar-refractivity contribution in [1.29, 1.82) is 0 Å². The van der Waals surface area contributed by atoms with Crippen LogP contribution in [0.25, 0.3) is 22.2 Å². The molecule has 0 aliphatic rings. The molecule has 0 atom stereocenters. The molecule has 0 unspecified atom stereocenters. The van der Waals surface area contributed by atoms with Crippen LogP contribution in [0.2, 0.25) is 0 Å². The highest BCUT2D eigenvalue weighted by atomic mass is 32.1. The summed E-state index contributed by atoms with van der Waals surface area (Å²) in [5.41, 5.74) is 6.28. The number of nitrogens with one attached hydrogen (secondary N) is 1. The minimum absolute atomic E-state index is 0.269. The molecule has 1 amide bonds. The first-order valence-corrected chi connectivity index (χ1v) is 9.29. The number of carbonyl (C=O) groups excluding carboxylic acids is 1. The van der Waals surface area contributed by atoms with Gasteiger partial charge in [-0.05, 0) is 42.6 Å². The summed E-state index contributed by atoms with van der Waals surface area (Å²) >= 11 is 1.58. The van der Waals surface area contributed by atoms with Gasteiger partial charge in [-0.1, -0.05) is 24.3 Å². The number of rotatable bonds is 4. The minimum atomic E-state index is -0.269. The molecule has 0 bridgehead atoms. The summed E-state index contributed by atoms with van der Waals surface area (Å²) < 4.78 is 0. The van der Waals surface area contributed by atoms with Crippen LogP contribution < -0.4 is 5.43 Å². The van der Waals surface area contributed by atoms with Gasteiger partial charge in [0.05, 0.1) is 22.5 Å². The third-order valence-electron chi connectivity index (χ3n) is 4.12. The van der Waals surface area contributed by atoms with Crippen molar-refractivity contribution < 1.29 is 4.79 Å². The molecule has 1 N–H and O–H groups in total. The van der Waals surface area contributed by atoms with E-state index in [2.05, 4.69) is 20.5 Å². The van der Waals surface area contributed by atoms with Crippen LogP contribution in [0.5, 0.6) is 0 Å². The number of carbonyl (C=O) groups is 1. The second-order valence-corrected chi connectivity index (χ2v) is 6.88. The Balaban J connectivity index is 1.73. The van der Waals surface area contributed by atoms with E-state index in [1.807, 2.05) is 60.8 Å². The number of hydrogen-bond donors (Lipinski definition) is 1. The molecule has 0 aliphatic carbocycles. The van der Waals surface area contributed by atoms with E-state index in [1.165, 1.54) is 0 Å². The van der Waals surface area contributed by atoms with Gasteiger partial charge in [0.25, 0.3) is 5.91 Å². The predicted molar refractivity (Wildman–Crippen MR) is 109 cm³/mol. The lowest BCUT2D eigenvalue weighted by molar-refractivity contribution is 0.0956. The highest BCUT2D eigenvalue weighted by molar-refractivity contribution is 7.12. The molecule has 3 aromatic heterocycles. The second kappa shape index (κ2) is 7.47. The molecule has 4 rings (SSSR count). The van der Waals surface area contributed by atoms with Gasteiger partial charge in [-0.2, -0.15) is 5.10 Å². The molecular formula is C21H16N4OS. The number of para-hydroxylation sites is 1. The lowest BCUT2D eigenvalue weighted by Gasteiger charge is -2.09. The van der Waals surface area contributed by atoms with Crippen LogP contribution >= 0.6 is 11.3 Å². The normalized spacial score (nSPS) is 11.5. The van der Waals surface area contributed by atoms with Crippen molar-refractivity contribution in [3.8, 4) is 11.3 Å². The molecule has 3 heterocycles. The van der Waals surface area contributed by atoms with Gasteiger partial charge >= 0.3 is 0 Å². The Labute approximate surface area is 160 Å². The molecule has 5 nitrogen and oxygen atoms in total. The summed E-state index contributed by atoms with van der Waals surface area (Å²) in [6.45, 7) is 1.87. The topological polar surface area (TPSA) is 67.2 Å². The summed E-state index contributed by atoms with van der Waals surface area (Å²) in [6, 6.07) is 17.1. The maximum Gasteiger partial charge on any atom is 0.272 e. The Kier molecular flexibility index (Phi) is 4.72. The molecular weight excluding hydrogens is 356 g/mol. The number of thiophene rings is 1. The largest absolute Gasteiger partial charge is 0.272 e. The monoisotopic (exact) mass is 372 g/mol. The lowest BCUT2D eigenvalue weighted by Crippen LogP contribution is -2.19. The number of pyridine rings is 2. The lowest BCUT2D eigenvalue weighted by atomic mass is 10.0. The van der Waals surface area contributed by atoms with Crippen LogP contribution in [0.15, 0.2) is 77.5 Å². The maximum atomic E-state index is 12.9. The van der Waals surface area contributed by atoms with Gasteiger partial charge < -0.3 is 0 Å². The fourth-order valence-electron chi connectivity index (χ4n) is 2.76. The first kappa shape index (κ1) is 17.1. The molecule has 4 aromatic rings. The van der Waals surface area contributed by atoms with Crippen molar-refractivity contribution in [1.82, 2.24) is 15.4 Å². The van der Waals surface area contributed by atoms with E-state index >= 15 is 0 Å². The van der Waals surface area contributed by atoms with Crippen molar-refractivity contribution in [2.24, 2.45) is 5.10 Å². The van der Waals surface area contributed by atoms with Gasteiger partial charge in [-0.25, -0.2) is 10.4 Å². The SMILES string of the molecule is C/C(=N/NC(=O)c1cc(-c2cccnc2)nc2ccccc12)c1cccs1. The Bertz CT molecular complexity index is 1120. The van der Waals surface area contributed by atoms with E-state index < -0.39 is 0 Å². The molecule has 27 heavy (non-hydrogen) atoms. The molecule has 132 valence electrons. The number of hydrazone groups is 1. The van der Waals surface area contributed by atoms with Crippen LogP contribution in [-0.2, 0) is 0 Å². The Hall–Kier alpha value is -3.38. The van der Waals surface area contributed by atoms with Crippen LogP contribution in [-0.4, -0.2) is 21.6 Å². The molecule has 1 aromatic carbocycles. The molecule has 0 radical (unpaired) electrons. The predicted octanol–water partition coefficient (Wildman–Crippen LogP) is 4.51. The van der Waals surface area contributed by atoms with E-state index in [-0.39, 0.29) is 5.91 Å². The molecule has 0 saturated heterocycles. The standard InChI is InChI=1S/C21H16N4OS/c1-14(20-9-5-11-27-20)24-25-21(26)17-12-19(15-6-4-10-22-13-15)23-18-8-3-2-7-16(17)18/h2-13H,1H3,(H,25,26)/b24-14-. The summed E-state index contributed by atoms with van der Waals surface area (Å²) in [6.07, 6.45) is 3.44. The number of benzene rings is 1. The van der Waals surface area contributed by atoms with Crippen LogP contribution in [0.4, 0.5) is 0 Å². The average Bonchev–Trinajstić information content (AvgIpc) is 3.26. The third kappa shape index (κ3) is 3.61. The summed E-state index contributed by atoms with van der Waals surface area (Å²) in [5.74, 6) is -0.269. The van der Waals surface area contributed by atoms with Gasteiger partial charge in [0.2, 0.25) is 0 Å². The summed E-state index contributed by atoms with van der Waals surface area (Å²) in [7, 11) is 0. The van der Waals surface area contributed by atoms with Gasteiger partial charge in [-0.3, -0.25) is 9.78 Å². The van der Waals surface area contributed by atoms with Crippen LogP contribution in [0.3, 0.4) is 0 Å². The molecule has 0 spiro atoms. The third-order valence-corrected chi connectivity index (χ3v) is 5.10. The fourth-order valence-corrected chi connectivity index (χ4v) is 3.44. The molecule has 0 aliphatic heterocycles. The molecule has 6 heteroatoms. The Morgan fingerprint density at radius 3 is 2.78 bits per heavy atom. The van der Waals surface area contributed by atoms with Gasteiger partial charge in [0.1, 0.15) is 0 Å². The van der Waals surface area contributed by atoms with Crippen molar-refractivity contribution in [3.63, 3.8) is 0 Å². The minimum Gasteiger partial charge on any atom is -0.267 e. The van der Waals surface area contributed by atoms with Gasteiger partial charge in [-0.15, -0.1) is 11.3 Å². The van der Waals surface area contributed by atoms with Crippen molar-refractivity contribution in [3.05, 3.63) is 82.8 Å². The van der Waals surface area contributed by atoms with E-state index in [1.54, 1.807) is 29.8 Å². The summed E-state index contributed by atoms with van der Waals surface area (Å²) in [4.78, 5) is 22.7. The van der Waals surface area contributed by atoms with Gasteiger partial charge in [0.15, 0.2) is 0 Å². The quantitative estimate of drug-likeness (QED) is 0.423. The second-order valence-electron chi connectivity index (χ2n) is 5.93. The Morgan fingerprint density at radius 2 is 2.00 bits per heavy atom. The highest BCUT2D eigenvalue weighted by Crippen LogP contribution is 2.24. The fraction of sp³-hybridized carbons (Fsp3) is 0.0476. The zero-order chi connectivity index (χ0) is 18.6. The van der Waals surface area contributed by atoms with Crippen molar-refractivity contribution in [2.75, 3.05) is 0 Å². The van der Waals surface area contributed by atoms with E-state index in [0.29, 0.717) is 11.3 Å². The smallest absolute Gasteiger partial charge is 0.267 e. The van der Waals surface area contributed by atoms with Crippen LogP contribution in [0.1, 0.15) is 22.2 Å². The Morgan fingerprint density at radius 1 is 1.11 bits per heavy atom. The average molecular weight is 372 g/mol. The maximum absolute atomic E-state index is 12.9. The number of fused-ring (bicyclic) bond motifs is 1. The van der Waals surface area contributed by atoms with Gasteiger partial charge in [0, 0.05) is 28.2 Å².